The molecule has 1 aromatic carbocycles. The molecule has 3 N–H and O–H groups in total. The van der Waals surface area contributed by atoms with Gasteiger partial charge in [0.25, 0.3) is 0 Å². The topological polar surface area (TPSA) is 103 Å². The predicted molar refractivity (Wildman–Crippen MR) is 89.8 cm³/mol. The quantitative estimate of drug-likeness (QED) is 0.716. The summed E-state index contributed by atoms with van der Waals surface area (Å²) >= 11 is 0. The van der Waals surface area contributed by atoms with Crippen molar-refractivity contribution in [2.75, 3.05) is 21.3 Å². The number of nitrogens with zero attached hydrogens (tertiary/aromatic N) is 2. The van der Waals surface area contributed by atoms with E-state index in [0.717, 1.165) is 10.8 Å². The minimum absolute atomic E-state index is 0.158. The van der Waals surface area contributed by atoms with Crippen molar-refractivity contribution in [1.82, 2.24) is 9.96 Å². The second-order valence-corrected chi connectivity index (χ2v) is 6.02. The predicted octanol–water partition coefficient (Wildman–Crippen LogP) is 2.18. The molecule has 0 saturated heterocycles. The van der Waals surface area contributed by atoms with Gasteiger partial charge in [-0.25, -0.2) is 5.06 Å². The molecule has 0 aliphatic carbocycles. The van der Waals surface area contributed by atoms with Crippen molar-refractivity contribution >= 4 is 5.97 Å². The standard InChI is InChI=1S/C17H24N2O6/c1-9-10(2)19(23)17(18(9)3)12(8-15(20)21)11-6-13(24-4)16(22)14(7-11)25-5/h6-7,12,17,22-23H,8H2,1-5H3,(H,20,21). The van der Waals surface area contributed by atoms with Gasteiger partial charge in [0.05, 0.1) is 26.3 Å². The zero-order chi connectivity index (χ0) is 18.9. The summed E-state index contributed by atoms with van der Waals surface area (Å²) in [5, 5.41) is 31.0. The summed E-state index contributed by atoms with van der Waals surface area (Å²) < 4.78 is 10.3. The van der Waals surface area contributed by atoms with Crippen LogP contribution < -0.4 is 9.47 Å². The molecule has 2 atom stereocenters. The summed E-state index contributed by atoms with van der Waals surface area (Å²) in [5.41, 5.74) is 2.08. The fourth-order valence-corrected chi connectivity index (χ4v) is 3.13. The third-order valence-electron chi connectivity index (χ3n) is 4.73. The van der Waals surface area contributed by atoms with E-state index in [0.29, 0.717) is 11.3 Å². The molecular weight excluding hydrogens is 328 g/mol. The van der Waals surface area contributed by atoms with Crippen LogP contribution in [0.5, 0.6) is 17.2 Å². The Morgan fingerprint density at radius 1 is 1.20 bits per heavy atom. The van der Waals surface area contributed by atoms with Gasteiger partial charge in [0.15, 0.2) is 11.5 Å². The first-order valence-electron chi connectivity index (χ1n) is 7.78. The number of methoxy groups -OCH3 is 2. The number of hydrogen-bond acceptors (Lipinski definition) is 7. The van der Waals surface area contributed by atoms with Crippen LogP contribution in [0.1, 0.15) is 31.7 Å². The normalized spacial score (nSPS) is 18.6. The number of rotatable bonds is 6. The van der Waals surface area contributed by atoms with Crippen molar-refractivity contribution in [2.24, 2.45) is 0 Å². The van der Waals surface area contributed by atoms with Crippen molar-refractivity contribution in [3.63, 3.8) is 0 Å². The second-order valence-electron chi connectivity index (χ2n) is 6.02. The van der Waals surface area contributed by atoms with E-state index < -0.39 is 18.1 Å². The maximum atomic E-state index is 11.4. The summed E-state index contributed by atoms with van der Waals surface area (Å²) in [4.78, 5) is 13.3. The third-order valence-corrected chi connectivity index (χ3v) is 4.73. The van der Waals surface area contributed by atoms with Gasteiger partial charge < -0.3 is 24.6 Å². The number of ether oxygens (including phenoxy) is 2. The summed E-state index contributed by atoms with van der Waals surface area (Å²) in [6.45, 7) is 3.62. The molecule has 1 aliphatic rings. The average Bonchev–Trinajstić information content (AvgIpc) is 2.76. The number of likely N-dealkylation sites (N-methyl/N-ethyl adjacent to an activating group) is 1. The first-order chi connectivity index (χ1) is 11.7. The van der Waals surface area contributed by atoms with E-state index in [-0.39, 0.29) is 23.7 Å². The van der Waals surface area contributed by atoms with Crippen molar-refractivity contribution in [2.45, 2.75) is 32.4 Å². The summed E-state index contributed by atoms with van der Waals surface area (Å²) in [6.07, 6.45) is -0.820. The van der Waals surface area contributed by atoms with Crippen LogP contribution in [0.2, 0.25) is 0 Å². The molecule has 2 unspecified atom stereocenters. The highest BCUT2D eigenvalue weighted by Gasteiger charge is 2.39. The van der Waals surface area contributed by atoms with Gasteiger partial charge in [0, 0.05) is 18.7 Å². The molecule has 138 valence electrons. The Morgan fingerprint density at radius 2 is 1.72 bits per heavy atom. The van der Waals surface area contributed by atoms with Gasteiger partial charge in [-0.1, -0.05) is 0 Å². The maximum Gasteiger partial charge on any atom is 0.304 e. The highest BCUT2D eigenvalue weighted by molar-refractivity contribution is 5.68. The van der Waals surface area contributed by atoms with Gasteiger partial charge >= 0.3 is 5.97 Å². The molecule has 0 aromatic heterocycles. The van der Waals surface area contributed by atoms with Gasteiger partial charge in [0.2, 0.25) is 5.75 Å². The lowest BCUT2D eigenvalue weighted by Crippen LogP contribution is -2.42. The molecule has 1 aliphatic heterocycles. The van der Waals surface area contributed by atoms with Crippen molar-refractivity contribution in [3.8, 4) is 17.2 Å². The molecule has 0 spiro atoms. The lowest BCUT2D eigenvalue weighted by Gasteiger charge is -2.34. The number of phenols is 1. The van der Waals surface area contributed by atoms with Crippen LogP contribution in [0.15, 0.2) is 23.5 Å². The Balaban J connectivity index is 2.54. The molecule has 0 fully saturated rings. The number of aromatic hydroxyl groups is 1. The molecule has 0 bridgehead atoms. The van der Waals surface area contributed by atoms with E-state index in [1.165, 1.54) is 14.2 Å². The molecule has 1 aromatic rings. The third kappa shape index (κ3) is 3.30. The first-order valence-corrected chi connectivity index (χ1v) is 7.78. The lowest BCUT2D eigenvalue weighted by atomic mass is 9.91. The van der Waals surface area contributed by atoms with Gasteiger partial charge in [-0.05, 0) is 31.5 Å². The molecule has 2 rings (SSSR count). The van der Waals surface area contributed by atoms with E-state index in [1.54, 1.807) is 26.1 Å². The van der Waals surface area contributed by atoms with Crippen LogP contribution >= 0.6 is 0 Å². The number of hydrogen-bond donors (Lipinski definition) is 3. The molecule has 1 heterocycles. The molecular formula is C17H24N2O6. The smallest absolute Gasteiger partial charge is 0.304 e. The van der Waals surface area contributed by atoms with Crippen LogP contribution in [-0.4, -0.2) is 58.8 Å². The largest absolute Gasteiger partial charge is 0.502 e. The van der Waals surface area contributed by atoms with E-state index >= 15 is 0 Å². The fourth-order valence-electron chi connectivity index (χ4n) is 3.13. The molecule has 25 heavy (non-hydrogen) atoms. The highest BCUT2D eigenvalue weighted by Crippen LogP contribution is 2.43. The Bertz CT molecular complexity index is 659. The van der Waals surface area contributed by atoms with Crippen LogP contribution in [0, 0.1) is 0 Å². The zero-order valence-electron chi connectivity index (χ0n) is 15.0. The number of allylic oxidation sites excluding steroid dienone is 2. The minimum atomic E-state index is -1.000. The Labute approximate surface area is 146 Å². The Morgan fingerprint density at radius 3 is 2.08 bits per heavy atom. The van der Waals surface area contributed by atoms with Crippen molar-refractivity contribution in [1.29, 1.82) is 0 Å². The van der Waals surface area contributed by atoms with Gasteiger partial charge in [-0.2, -0.15) is 0 Å². The highest BCUT2D eigenvalue weighted by atomic mass is 16.5. The number of carbonyl (C=O) groups is 1. The molecule has 8 heteroatoms. The first kappa shape index (κ1) is 18.7. The Kier molecular flexibility index (Phi) is 5.32. The summed E-state index contributed by atoms with van der Waals surface area (Å²) in [6, 6.07) is 3.13. The average molecular weight is 352 g/mol. The number of carboxylic acid groups (broad SMARTS) is 1. The van der Waals surface area contributed by atoms with E-state index in [4.69, 9.17) is 9.47 Å². The number of hydroxylamine groups is 2. The fraction of sp³-hybridized carbons (Fsp3) is 0.471. The van der Waals surface area contributed by atoms with Crippen molar-refractivity contribution < 1.29 is 29.7 Å². The molecule has 0 radical (unpaired) electrons. The lowest BCUT2D eigenvalue weighted by molar-refractivity contribution is -0.143. The van der Waals surface area contributed by atoms with Gasteiger partial charge in [-0.15, -0.1) is 0 Å². The Hall–Kier alpha value is -2.61. The van der Waals surface area contributed by atoms with Crippen LogP contribution in [0.3, 0.4) is 0 Å². The van der Waals surface area contributed by atoms with Crippen molar-refractivity contribution in [3.05, 3.63) is 29.1 Å². The van der Waals surface area contributed by atoms with E-state index in [2.05, 4.69) is 0 Å². The molecule has 0 saturated carbocycles. The SMILES string of the molecule is COc1cc(C(CC(=O)O)C2N(C)C(C)=C(C)N2O)cc(OC)c1O. The van der Waals surface area contributed by atoms with Gasteiger partial charge in [0.1, 0.15) is 6.17 Å². The van der Waals surface area contributed by atoms with Crippen LogP contribution in [0.25, 0.3) is 0 Å². The number of carboxylic acids is 1. The summed E-state index contributed by atoms with van der Waals surface area (Å²) in [5.74, 6) is -1.40. The summed E-state index contributed by atoms with van der Waals surface area (Å²) in [7, 11) is 4.60. The minimum Gasteiger partial charge on any atom is -0.502 e. The molecule has 0 amide bonds. The molecule has 8 nitrogen and oxygen atoms in total. The number of benzene rings is 1. The van der Waals surface area contributed by atoms with Gasteiger partial charge in [-0.3, -0.25) is 10.0 Å². The van der Waals surface area contributed by atoms with E-state index in [9.17, 15) is 20.2 Å². The maximum absolute atomic E-state index is 11.4. The monoisotopic (exact) mass is 352 g/mol. The van der Waals surface area contributed by atoms with E-state index in [1.807, 2.05) is 11.8 Å². The van der Waals surface area contributed by atoms with Crippen LogP contribution in [-0.2, 0) is 4.79 Å². The van der Waals surface area contributed by atoms with Crippen LogP contribution in [0.4, 0.5) is 0 Å². The number of aliphatic carboxylic acids is 1. The second kappa shape index (κ2) is 7.10. The number of phenolic OH excluding ortho intramolecular Hbond substituents is 1. The zero-order valence-corrected chi connectivity index (χ0v) is 15.0.